The van der Waals surface area contributed by atoms with Gasteiger partial charge in [0.15, 0.2) is 8.07 Å². The van der Waals surface area contributed by atoms with Crippen molar-refractivity contribution in [2.75, 3.05) is 0 Å². The highest BCUT2D eigenvalue weighted by molar-refractivity contribution is 7.20. The summed E-state index contributed by atoms with van der Waals surface area (Å²) in [5.41, 5.74) is 13.2. The van der Waals surface area contributed by atoms with Gasteiger partial charge in [-0.15, -0.1) is 0 Å². The summed E-state index contributed by atoms with van der Waals surface area (Å²) >= 11 is 0. The van der Waals surface area contributed by atoms with E-state index in [9.17, 15) is 8.22 Å². The van der Waals surface area contributed by atoms with Crippen LogP contribution in [0.2, 0.25) is 26.0 Å². The molecule has 0 aliphatic carbocycles. The lowest BCUT2D eigenvalue weighted by molar-refractivity contribution is 0.452. The second-order valence-corrected chi connectivity index (χ2v) is 38.0. The molecule has 5 heterocycles. The molecule has 4 aromatic heterocycles. The van der Waals surface area contributed by atoms with Crippen LogP contribution in [0, 0.1) is 0 Å². The Labute approximate surface area is 611 Å². The van der Waals surface area contributed by atoms with E-state index in [1.165, 1.54) is 0 Å². The second kappa shape index (κ2) is 25.4. The van der Waals surface area contributed by atoms with Crippen LogP contribution < -0.4 is 36.4 Å². The van der Waals surface area contributed by atoms with E-state index in [2.05, 4.69) is 118 Å². The molecule has 8 nitrogen and oxygen atoms in total. The summed E-state index contributed by atoms with van der Waals surface area (Å²) in [4.78, 5) is 29.1. The number of rotatable bonds is 15. The molecule has 0 fully saturated rings. The van der Waals surface area contributed by atoms with Crippen LogP contribution in [0.3, 0.4) is 0 Å². The van der Waals surface area contributed by atoms with Crippen molar-refractivity contribution in [1.29, 1.82) is 0 Å². The van der Waals surface area contributed by atoms with Crippen molar-refractivity contribution in [1.82, 2.24) is 33.9 Å². The summed E-state index contributed by atoms with van der Waals surface area (Å²) < 4.78 is 77.3. The Kier molecular flexibility index (Phi) is 13.9. The fourth-order valence-corrected chi connectivity index (χ4v) is 31.0. The van der Waals surface area contributed by atoms with Crippen molar-refractivity contribution in [3.8, 4) is 84.5 Å². The lowest BCUT2D eigenvalue weighted by Crippen LogP contribution is -2.78. The fraction of sp³-hybridized carbons (Fsp3) is 0.0543. The van der Waals surface area contributed by atoms with Gasteiger partial charge in [0.05, 0.1) is 44.8 Å². The molecule has 0 N–H and O–H groups in total. The lowest BCUT2D eigenvalue weighted by Gasteiger charge is -2.56. The summed E-state index contributed by atoms with van der Waals surface area (Å²) in [6.07, 6.45) is 0. The third-order valence-electron chi connectivity index (χ3n) is 20.9. The molecule has 492 valence electrons. The van der Waals surface area contributed by atoms with Crippen LogP contribution in [-0.2, 0) is 4.66 Å². The first-order chi connectivity index (χ1) is 53.1. The number of imidazole rings is 2. The SMILES string of the molecule is [2H]C([2H])([2H])[Si](C)(c1nc(-c2ccccc2)c(-c2ccccc2)c(-c2ccccc2)n1)C1([Si](C)(c2nc(-c3ccccc3)c(-c3ccccc3)c(-c3ccccc3)n2)C([2H])([2H])[2H])c2ccccc2Oc2c1cccc2[Si](c1ccccc1)(c1ccccc1)c1cccc(-n2c3ccccc3n3c4ccccc4nc23)c1. The van der Waals surface area contributed by atoms with Crippen LogP contribution >= 0.6 is 0 Å². The van der Waals surface area contributed by atoms with Crippen LogP contribution in [0.4, 0.5) is 0 Å². The van der Waals surface area contributed by atoms with E-state index in [0.717, 1.165) is 65.4 Å². The van der Waals surface area contributed by atoms with Gasteiger partial charge in [-0.25, -0.2) is 24.9 Å². The number of hydrogen-bond donors (Lipinski definition) is 0. The minimum absolute atomic E-state index is 0.0210. The summed E-state index contributed by atoms with van der Waals surface area (Å²) in [5, 5.41) is 3.68. The molecule has 11 heteroatoms. The number of aromatic nitrogens is 7. The highest BCUT2D eigenvalue weighted by atomic mass is 28.4. The van der Waals surface area contributed by atoms with Crippen molar-refractivity contribution in [3.63, 3.8) is 0 Å². The maximum absolute atomic E-state index is 11.2. The van der Waals surface area contributed by atoms with Gasteiger partial charge in [0, 0.05) is 63.1 Å². The van der Waals surface area contributed by atoms with E-state index in [-0.39, 0.29) is 10.9 Å². The zero-order chi connectivity index (χ0) is 74.3. The van der Waals surface area contributed by atoms with Gasteiger partial charge in [0.1, 0.15) is 38.5 Å². The Balaban J connectivity index is 1.05. The van der Waals surface area contributed by atoms with E-state index in [0.29, 0.717) is 78.8 Å². The standard InChI is InChI=1S/C92H71N7OSi3/c1-101(2,89-94-84(66-41-17-7-18-42-66)82(64-37-13-5-14-38-64)85(95-89)67-43-19-8-20-44-67)92(102(3,4)90-96-86(68-45-21-9-22-46-68)83(65-39-15-6-16-40-65)87(97-90)69-47-23-10-24-48-69)74-55-29-34-61-80(74)100-88-75(92)56-36-62-81(88)103(71-50-25-11-26-51-71,72-52-27-12-28-53-72)73-54-35-49-70(63-73)98-78-59-32-33-60-79(78)99-77-58-31-30-57-76(77)93-91(98)99/h5-63H,1-4H3/i1D3,3D3. The van der Waals surface area contributed by atoms with E-state index in [1.54, 1.807) is 0 Å². The van der Waals surface area contributed by atoms with Crippen LogP contribution in [0.25, 0.3) is 101 Å². The van der Waals surface area contributed by atoms with E-state index < -0.39 is 41.8 Å². The summed E-state index contributed by atoms with van der Waals surface area (Å²) in [7, 11) is -14.7. The first kappa shape index (κ1) is 56.5. The highest BCUT2D eigenvalue weighted by Crippen LogP contribution is 2.57. The topological polar surface area (TPSA) is 83.0 Å². The maximum Gasteiger partial charge on any atom is 0.220 e. The number of ether oxygens (including phenoxy) is 1. The van der Waals surface area contributed by atoms with Crippen molar-refractivity contribution >= 4 is 83.7 Å². The molecule has 0 bridgehead atoms. The molecule has 0 amide bonds. The predicted octanol–water partition coefficient (Wildman–Crippen LogP) is 18.1. The van der Waals surface area contributed by atoms with Gasteiger partial charge in [0.25, 0.3) is 0 Å². The van der Waals surface area contributed by atoms with Gasteiger partial charge in [0.2, 0.25) is 5.78 Å². The molecule has 0 radical (unpaired) electrons. The maximum atomic E-state index is 11.2. The minimum Gasteiger partial charge on any atom is -0.457 e. The average molecular weight is 1380 g/mol. The molecule has 1 aliphatic rings. The number of nitrogens with zero attached hydrogens (tertiary/aromatic N) is 7. The Bertz CT molecular complexity index is 5930. The largest absolute Gasteiger partial charge is 0.457 e. The fourth-order valence-electron chi connectivity index (χ4n) is 16.4. The molecular weight excluding hydrogens is 1300 g/mol. The van der Waals surface area contributed by atoms with Gasteiger partial charge in [-0.1, -0.05) is 341 Å². The van der Waals surface area contributed by atoms with E-state index >= 15 is 0 Å². The molecule has 0 saturated carbocycles. The summed E-state index contributed by atoms with van der Waals surface area (Å²) in [5.74, 6) is 1.37. The minimum atomic E-state index is -5.34. The van der Waals surface area contributed by atoms with Gasteiger partial charge in [-0.3, -0.25) is 8.97 Å². The van der Waals surface area contributed by atoms with E-state index in [4.69, 9.17) is 29.7 Å². The zero-order valence-electron chi connectivity index (χ0n) is 62.6. The van der Waals surface area contributed by atoms with Crippen molar-refractivity contribution in [2.45, 2.75) is 30.7 Å². The first-order valence-corrected chi connectivity index (χ1v) is 41.8. The van der Waals surface area contributed by atoms with Crippen molar-refractivity contribution in [2.24, 2.45) is 0 Å². The third kappa shape index (κ3) is 10.0. The van der Waals surface area contributed by atoms with Crippen molar-refractivity contribution < 1.29 is 13.0 Å². The van der Waals surface area contributed by atoms with Gasteiger partial charge in [-0.2, -0.15) is 0 Å². The monoisotopic (exact) mass is 1380 g/mol. The Hall–Kier alpha value is -12.3. The Morgan fingerprint density at radius 1 is 0.340 bits per heavy atom. The van der Waals surface area contributed by atoms with Gasteiger partial charge < -0.3 is 4.74 Å². The molecule has 17 aromatic rings. The quantitative estimate of drug-likeness (QED) is 0.0751. The van der Waals surface area contributed by atoms with Crippen LogP contribution in [0.15, 0.2) is 358 Å². The summed E-state index contributed by atoms with van der Waals surface area (Å²) in [6.45, 7) is -2.51. The van der Waals surface area contributed by atoms with Gasteiger partial charge in [-0.05, 0) is 74.3 Å². The first-order valence-electron chi connectivity index (χ1n) is 37.8. The molecule has 2 atom stereocenters. The zero-order valence-corrected chi connectivity index (χ0v) is 59.6. The molecule has 18 rings (SSSR count). The molecule has 13 aromatic carbocycles. The molecule has 1 aliphatic heterocycles. The number of fused-ring (bicyclic) bond motifs is 7. The van der Waals surface area contributed by atoms with Crippen LogP contribution in [0.5, 0.6) is 11.5 Å². The lowest BCUT2D eigenvalue weighted by atomic mass is 9.94. The molecule has 2 unspecified atom stereocenters. The average Bonchev–Trinajstić information content (AvgIpc) is 1.28. The summed E-state index contributed by atoms with van der Waals surface area (Å²) in [6, 6.07) is 120. The normalized spacial score (nSPS) is 15.8. The smallest absolute Gasteiger partial charge is 0.220 e. The molecule has 0 saturated heterocycles. The molecule has 103 heavy (non-hydrogen) atoms. The second-order valence-electron chi connectivity index (χ2n) is 26.8. The Morgan fingerprint density at radius 3 is 1.19 bits per heavy atom. The van der Waals surface area contributed by atoms with E-state index in [1.807, 2.05) is 262 Å². The van der Waals surface area contributed by atoms with Crippen LogP contribution in [0.1, 0.15) is 19.4 Å². The molecule has 0 spiro atoms. The number of hydrogen-bond acceptors (Lipinski definition) is 6. The molecular formula is C92H71N7OSi3. The van der Waals surface area contributed by atoms with Crippen molar-refractivity contribution in [3.05, 3.63) is 369 Å². The highest BCUT2D eigenvalue weighted by Gasteiger charge is 2.67. The van der Waals surface area contributed by atoms with Crippen LogP contribution in [-0.4, -0.2) is 58.1 Å². The van der Waals surface area contributed by atoms with Gasteiger partial charge >= 0.3 is 0 Å². The predicted molar refractivity (Wildman–Crippen MR) is 431 cm³/mol. The number of benzene rings is 13. The number of para-hydroxylation sites is 6. The third-order valence-corrected chi connectivity index (χ3v) is 35.0. The Morgan fingerprint density at radius 2 is 0.718 bits per heavy atom.